The lowest BCUT2D eigenvalue weighted by atomic mass is 10.0. The van der Waals surface area contributed by atoms with E-state index >= 15 is 0 Å². The lowest BCUT2D eigenvalue weighted by molar-refractivity contribution is -0.133. The molecule has 3 N–H and O–H groups in total. The van der Waals surface area contributed by atoms with Crippen LogP contribution in [0.2, 0.25) is 0 Å². The number of hydrogen-bond acceptors (Lipinski definition) is 7. The van der Waals surface area contributed by atoms with Crippen molar-refractivity contribution in [2.75, 3.05) is 51.6 Å². The third-order valence-corrected chi connectivity index (χ3v) is 8.39. The average Bonchev–Trinajstić information content (AvgIpc) is 3.22. The summed E-state index contributed by atoms with van der Waals surface area (Å²) in [7, 11) is -3.80. The molecule has 1 aromatic carbocycles. The second kappa shape index (κ2) is 9.82. The number of hydrogen-bond donors (Lipinski definition) is 2. The Labute approximate surface area is 195 Å². The number of fused-ring (bicyclic) bond motifs is 3. The molecular formula is C20H27F2N5O4S2. The first-order valence-corrected chi connectivity index (χ1v) is 13.2. The first kappa shape index (κ1) is 24.3. The predicted octanol–water partition coefficient (Wildman–Crippen LogP) is -0.366. The number of likely N-dealkylation sites (tertiary alicyclic amines) is 1. The fraction of sp³-hybridized carbons (Fsp3) is 0.600. The molecule has 0 radical (unpaired) electrons. The Morgan fingerprint density at radius 2 is 1.76 bits per heavy atom. The number of nitrogens with two attached hydrogens (primary N) is 1. The Morgan fingerprint density at radius 3 is 2.30 bits per heavy atom. The fourth-order valence-corrected chi connectivity index (χ4v) is 5.86. The van der Waals surface area contributed by atoms with Crippen LogP contribution in [-0.4, -0.2) is 105 Å². The molecule has 2 bridgehead atoms. The van der Waals surface area contributed by atoms with Crippen LogP contribution in [0.5, 0.6) is 0 Å². The van der Waals surface area contributed by atoms with E-state index in [1.807, 2.05) is 0 Å². The fourth-order valence-electron chi connectivity index (χ4n) is 4.55. The van der Waals surface area contributed by atoms with E-state index in [2.05, 4.69) is 15.1 Å². The van der Waals surface area contributed by atoms with Crippen LogP contribution in [0.1, 0.15) is 0 Å². The highest BCUT2D eigenvalue weighted by Crippen LogP contribution is 2.27. The summed E-state index contributed by atoms with van der Waals surface area (Å²) in [4.78, 5) is 31.8. The molecule has 0 spiro atoms. The maximum Gasteiger partial charge on any atom is 0.245 e. The van der Waals surface area contributed by atoms with Crippen molar-refractivity contribution < 1.29 is 26.8 Å². The van der Waals surface area contributed by atoms with Gasteiger partial charge in [0.2, 0.25) is 28.3 Å². The van der Waals surface area contributed by atoms with E-state index in [-0.39, 0.29) is 41.6 Å². The third-order valence-electron chi connectivity index (χ3n) is 6.47. The van der Waals surface area contributed by atoms with E-state index in [1.165, 1.54) is 40.9 Å². The van der Waals surface area contributed by atoms with E-state index < -0.39 is 28.4 Å². The van der Waals surface area contributed by atoms with Crippen LogP contribution in [0.25, 0.3) is 0 Å². The molecule has 0 aromatic heterocycles. The number of sulfonamides is 1. The smallest absolute Gasteiger partial charge is 0.245 e. The molecule has 1 aromatic rings. The quantitative estimate of drug-likeness (QED) is 0.488. The normalized spacial score (nSPS) is 29.5. The van der Waals surface area contributed by atoms with Gasteiger partial charge in [-0.2, -0.15) is 0 Å². The minimum absolute atomic E-state index is 0.0106. The summed E-state index contributed by atoms with van der Waals surface area (Å²) in [5.74, 6) is -1.68. The topological polar surface area (TPSA) is 116 Å². The summed E-state index contributed by atoms with van der Waals surface area (Å²) in [5.41, 5.74) is 0. The number of nitrogens with zero attached hydrogens (tertiary/aromatic N) is 3. The Morgan fingerprint density at radius 1 is 1.09 bits per heavy atom. The summed E-state index contributed by atoms with van der Waals surface area (Å²) in [5, 5.41) is 7.86. The largest absolute Gasteiger partial charge is 0.350 e. The number of primary sulfonamides is 1. The van der Waals surface area contributed by atoms with Gasteiger partial charge in [-0.25, -0.2) is 22.3 Å². The number of carbonyl (C=O) groups is 2. The molecule has 2 amide bonds. The molecule has 9 nitrogen and oxygen atoms in total. The zero-order valence-corrected chi connectivity index (χ0v) is 19.5. The van der Waals surface area contributed by atoms with Gasteiger partial charge < -0.3 is 10.2 Å². The molecule has 182 valence electrons. The molecule has 4 aliphatic rings. The number of halogens is 2. The molecule has 0 aliphatic carbocycles. The van der Waals surface area contributed by atoms with Gasteiger partial charge in [0, 0.05) is 50.7 Å². The number of benzene rings is 1. The van der Waals surface area contributed by atoms with Gasteiger partial charge in [0.15, 0.2) is 0 Å². The highest BCUT2D eigenvalue weighted by atomic mass is 32.2. The van der Waals surface area contributed by atoms with Crippen molar-refractivity contribution in [2.45, 2.75) is 28.3 Å². The number of piperazine rings is 3. The molecule has 4 heterocycles. The van der Waals surface area contributed by atoms with Gasteiger partial charge in [0.25, 0.3) is 0 Å². The molecule has 4 fully saturated rings. The zero-order chi connectivity index (χ0) is 23.8. The lowest BCUT2D eigenvalue weighted by Crippen LogP contribution is -2.66. The van der Waals surface area contributed by atoms with E-state index in [9.17, 15) is 26.8 Å². The number of carbonyl (C=O) groups excluding carboxylic acids is 2. The van der Waals surface area contributed by atoms with Gasteiger partial charge in [-0.1, -0.05) is 0 Å². The summed E-state index contributed by atoms with van der Waals surface area (Å²) < 4.78 is 50.0. The third kappa shape index (κ3) is 5.65. The van der Waals surface area contributed by atoms with Gasteiger partial charge in [-0.3, -0.25) is 19.4 Å². The van der Waals surface area contributed by atoms with Crippen molar-refractivity contribution in [1.82, 2.24) is 20.0 Å². The SMILES string of the molecule is NS(=O)(=O)c1ccc(SCC(=O)N2C[C@@H](NC(=O)C3CN4CCN3CC4)[C@H](C(F)F)C2)cc1. The van der Waals surface area contributed by atoms with Crippen LogP contribution in [0.3, 0.4) is 0 Å². The molecule has 13 heteroatoms. The number of thioether (sulfide) groups is 1. The molecule has 5 rings (SSSR count). The average molecular weight is 504 g/mol. The molecule has 4 aliphatic heterocycles. The van der Waals surface area contributed by atoms with Gasteiger partial charge in [-0.05, 0) is 24.3 Å². The molecule has 33 heavy (non-hydrogen) atoms. The first-order chi connectivity index (χ1) is 15.6. The molecule has 0 saturated carbocycles. The van der Waals surface area contributed by atoms with Gasteiger partial charge >= 0.3 is 0 Å². The van der Waals surface area contributed by atoms with Crippen LogP contribution in [0, 0.1) is 5.92 Å². The second-order valence-electron chi connectivity index (χ2n) is 8.57. The van der Waals surface area contributed by atoms with Crippen molar-refractivity contribution in [3.8, 4) is 0 Å². The van der Waals surface area contributed by atoms with Crippen molar-refractivity contribution in [3.63, 3.8) is 0 Å². The molecule has 4 saturated heterocycles. The number of nitrogens with one attached hydrogen (secondary N) is 1. The second-order valence-corrected chi connectivity index (χ2v) is 11.2. The molecule has 3 atom stereocenters. The van der Waals surface area contributed by atoms with Crippen LogP contribution in [0.15, 0.2) is 34.1 Å². The molecular weight excluding hydrogens is 476 g/mol. The number of rotatable bonds is 7. The number of amides is 2. The minimum atomic E-state index is -3.80. The Bertz CT molecular complexity index is 987. The van der Waals surface area contributed by atoms with Crippen molar-refractivity contribution >= 4 is 33.6 Å². The Kier molecular flexibility index (Phi) is 7.24. The van der Waals surface area contributed by atoms with Crippen LogP contribution in [-0.2, 0) is 19.6 Å². The van der Waals surface area contributed by atoms with Gasteiger partial charge in [0.1, 0.15) is 6.04 Å². The number of alkyl halides is 2. The van der Waals surface area contributed by atoms with E-state index in [0.717, 1.165) is 26.2 Å². The van der Waals surface area contributed by atoms with Crippen molar-refractivity contribution in [2.24, 2.45) is 11.1 Å². The first-order valence-electron chi connectivity index (χ1n) is 10.7. The highest BCUT2D eigenvalue weighted by molar-refractivity contribution is 8.00. The van der Waals surface area contributed by atoms with Crippen LogP contribution < -0.4 is 10.5 Å². The van der Waals surface area contributed by atoms with E-state index in [4.69, 9.17) is 5.14 Å². The summed E-state index contributed by atoms with van der Waals surface area (Å²) in [6, 6.07) is 4.64. The van der Waals surface area contributed by atoms with Crippen molar-refractivity contribution in [1.29, 1.82) is 0 Å². The maximum atomic E-state index is 13.7. The zero-order valence-electron chi connectivity index (χ0n) is 17.9. The monoisotopic (exact) mass is 503 g/mol. The maximum absolute atomic E-state index is 13.7. The summed E-state index contributed by atoms with van der Waals surface area (Å²) in [6.45, 7) is 3.94. The van der Waals surface area contributed by atoms with Crippen LogP contribution >= 0.6 is 11.8 Å². The van der Waals surface area contributed by atoms with Crippen LogP contribution in [0.4, 0.5) is 8.78 Å². The van der Waals surface area contributed by atoms with E-state index in [0.29, 0.717) is 11.4 Å². The Balaban J connectivity index is 1.33. The van der Waals surface area contributed by atoms with Gasteiger partial charge in [0.05, 0.1) is 22.6 Å². The van der Waals surface area contributed by atoms with Gasteiger partial charge in [-0.15, -0.1) is 11.8 Å². The van der Waals surface area contributed by atoms with Crippen molar-refractivity contribution in [3.05, 3.63) is 24.3 Å². The minimum Gasteiger partial charge on any atom is -0.350 e. The Hall–Kier alpha value is -1.80. The summed E-state index contributed by atoms with van der Waals surface area (Å²) >= 11 is 1.18. The lowest BCUT2D eigenvalue weighted by Gasteiger charge is -2.46. The molecule has 1 unspecified atom stereocenters. The summed E-state index contributed by atoms with van der Waals surface area (Å²) in [6.07, 6.45) is -2.65. The van der Waals surface area contributed by atoms with E-state index in [1.54, 1.807) is 0 Å². The predicted molar refractivity (Wildman–Crippen MR) is 118 cm³/mol. The highest BCUT2D eigenvalue weighted by Gasteiger charge is 2.43. The standard InChI is InChI=1S/C20H27F2N5O4S2/c21-19(22)15-9-27(18(28)12-32-13-1-3-14(4-2-13)33(23,30)31)10-16(15)24-20(29)17-11-25-5-7-26(17)8-6-25/h1-4,15-17,19H,5-12H2,(H,24,29)(H2,23,30,31)/t15-,16-,17?/m1/s1.